The molecule has 2 aromatic rings. The first-order valence-corrected chi connectivity index (χ1v) is 9.87. The maximum atomic E-state index is 12.9. The molecule has 0 saturated carbocycles. The van der Waals surface area contributed by atoms with Gasteiger partial charge in [-0.1, -0.05) is 36.5 Å². The summed E-state index contributed by atoms with van der Waals surface area (Å²) >= 11 is 12.2. The van der Waals surface area contributed by atoms with Crippen LogP contribution in [0.2, 0.25) is 10.0 Å². The van der Waals surface area contributed by atoms with E-state index in [1.807, 2.05) is 13.0 Å². The normalized spacial score (nSPS) is 16.0. The summed E-state index contributed by atoms with van der Waals surface area (Å²) in [6.07, 6.45) is 3.04. The van der Waals surface area contributed by atoms with Crippen LogP contribution in [0.1, 0.15) is 32.4 Å². The van der Waals surface area contributed by atoms with Crippen LogP contribution in [0.4, 0.5) is 0 Å². The van der Waals surface area contributed by atoms with E-state index in [2.05, 4.69) is 0 Å². The zero-order valence-corrected chi connectivity index (χ0v) is 17.5. The Hall–Kier alpha value is -2.81. The van der Waals surface area contributed by atoms with Crippen molar-refractivity contribution in [1.29, 1.82) is 5.26 Å². The molecule has 0 aliphatic carbocycles. The van der Waals surface area contributed by atoms with Gasteiger partial charge in [0.2, 0.25) is 0 Å². The van der Waals surface area contributed by atoms with Gasteiger partial charge in [0.05, 0.1) is 5.02 Å². The van der Waals surface area contributed by atoms with Gasteiger partial charge in [-0.05, 0) is 55.3 Å². The Bertz CT molecular complexity index is 1090. The van der Waals surface area contributed by atoms with Crippen LogP contribution in [0.3, 0.4) is 0 Å². The number of rotatable bonds is 5. The summed E-state index contributed by atoms with van der Waals surface area (Å²) < 4.78 is 5.84. The number of halogens is 2. The fourth-order valence-electron chi connectivity index (χ4n) is 3.06. The van der Waals surface area contributed by atoms with Gasteiger partial charge < -0.3 is 4.42 Å². The number of hydrogen-bond donors (Lipinski definition) is 0. The lowest BCUT2D eigenvalue weighted by atomic mass is 9.94. The average Bonchev–Trinajstić information content (AvgIpc) is 3.14. The molecule has 0 N–H and O–H groups in total. The summed E-state index contributed by atoms with van der Waals surface area (Å²) in [5.74, 6) is -0.0465. The summed E-state index contributed by atoms with van der Waals surface area (Å²) in [6.45, 7) is 3.83. The smallest absolute Gasteiger partial charge is 0.271 e. The Morgan fingerprint density at radius 3 is 2.59 bits per heavy atom. The van der Waals surface area contributed by atoms with Crippen molar-refractivity contribution in [2.24, 2.45) is 0 Å². The van der Waals surface area contributed by atoms with Crippen molar-refractivity contribution in [1.82, 2.24) is 4.90 Å². The summed E-state index contributed by atoms with van der Waals surface area (Å²) in [5, 5.41) is 10.4. The Morgan fingerprint density at radius 1 is 1.17 bits per heavy atom. The van der Waals surface area contributed by atoms with E-state index in [1.165, 1.54) is 0 Å². The molecule has 0 spiro atoms. The number of hydrogen-bond acceptors (Lipinski definition) is 4. The molecule has 1 aliphatic rings. The number of carbonyl (C=O) groups excluding carboxylic acids is 2. The van der Waals surface area contributed by atoms with Gasteiger partial charge in [0.1, 0.15) is 23.2 Å². The molecule has 2 amide bonds. The minimum atomic E-state index is -0.548. The van der Waals surface area contributed by atoms with Crippen LogP contribution in [0, 0.1) is 11.3 Å². The van der Waals surface area contributed by atoms with Gasteiger partial charge >= 0.3 is 0 Å². The zero-order chi connectivity index (χ0) is 21.1. The molecule has 0 saturated heterocycles. The second-order valence-electron chi connectivity index (χ2n) is 6.61. The highest BCUT2D eigenvalue weighted by atomic mass is 35.5. The molecule has 0 bridgehead atoms. The molecule has 2 heterocycles. The fraction of sp³-hybridized carbons (Fsp3) is 0.227. The topological polar surface area (TPSA) is 74.3 Å². The molecule has 5 nitrogen and oxygen atoms in total. The third kappa shape index (κ3) is 4.14. The molecule has 1 aromatic heterocycles. The molecule has 0 radical (unpaired) electrons. The lowest BCUT2D eigenvalue weighted by Crippen LogP contribution is -2.43. The number of amides is 2. The molecule has 1 aliphatic heterocycles. The second kappa shape index (κ2) is 8.69. The number of carbonyl (C=O) groups is 2. The number of furan rings is 1. The van der Waals surface area contributed by atoms with E-state index in [4.69, 9.17) is 27.6 Å². The molecule has 0 atom stereocenters. The van der Waals surface area contributed by atoms with Crippen LogP contribution in [0.25, 0.3) is 17.4 Å². The molecule has 3 rings (SSSR count). The largest absolute Gasteiger partial charge is 0.457 e. The maximum absolute atomic E-state index is 12.9. The third-order valence-electron chi connectivity index (χ3n) is 4.67. The molecule has 0 fully saturated rings. The van der Waals surface area contributed by atoms with Crippen molar-refractivity contribution in [3.05, 3.63) is 62.9 Å². The first kappa shape index (κ1) is 20.9. The molecular formula is C22H18Cl2N2O3. The van der Waals surface area contributed by atoms with E-state index in [9.17, 15) is 14.9 Å². The average molecular weight is 429 g/mol. The fourth-order valence-corrected chi connectivity index (χ4v) is 3.56. The summed E-state index contributed by atoms with van der Waals surface area (Å²) in [4.78, 5) is 26.5. The SMILES string of the molecule is CCCCN1C(=O)C(C#N)=C(C)/C(=C\c2ccc(-c3ccc(Cl)cc3Cl)o2)C1=O. The first-order chi connectivity index (χ1) is 13.9. The van der Waals surface area contributed by atoms with Crippen molar-refractivity contribution < 1.29 is 14.0 Å². The van der Waals surface area contributed by atoms with E-state index < -0.39 is 11.8 Å². The van der Waals surface area contributed by atoms with E-state index in [-0.39, 0.29) is 17.7 Å². The number of nitrogens with zero attached hydrogens (tertiary/aromatic N) is 2. The zero-order valence-electron chi connectivity index (χ0n) is 16.0. The number of benzene rings is 1. The van der Waals surface area contributed by atoms with Crippen molar-refractivity contribution >= 4 is 41.1 Å². The lowest BCUT2D eigenvalue weighted by molar-refractivity contribution is -0.140. The predicted molar refractivity (Wildman–Crippen MR) is 112 cm³/mol. The molecule has 0 unspecified atom stereocenters. The Labute approximate surface area is 178 Å². The van der Waals surface area contributed by atoms with Gasteiger partial charge in [-0.15, -0.1) is 0 Å². The van der Waals surface area contributed by atoms with Gasteiger partial charge in [0, 0.05) is 22.7 Å². The molecular weight excluding hydrogens is 411 g/mol. The highest BCUT2D eigenvalue weighted by Crippen LogP contribution is 2.33. The highest BCUT2D eigenvalue weighted by molar-refractivity contribution is 6.36. The van der Waals surface area contributed by atoms with Crippen LogP contribution in [0.15, 0.2) is 51.5 Å². The quantitative estimate of drug-likeness (QED) is 0.455. The summed E-state index contributed by atoms with van der Waals surface area (Å²) in [7, 11) is 0. The van der Waals surface area contributed by atoms with Gasteiger partial charge in [0.25, 0.3) is 11.8 Å². The lowest BCUT2D eigenvalue weighted by Gasteiger charge is -2.27. The third-order valence-corrected chi connectivity index (χ3v) is 5.22. The van der Waals surface area contributed by atoms with E-state index in [1.54, 1.807) is 43.3 Å². The Kier molecular flexibility index (Phi) is 6.26. The van der Waals surface area contributed by atoms with Crippen molar-refractivity contribution in [3.8, 4) is 17.4 Å². The van der Waals surface area contributed by atoms with Crippen LogP contribution < -0.4 is 0 Å². The minimum Gasteiger partial charge on any atom is -0.457 e. The predicted octanol–water partition coefficient (Wildman–Crippen LogP) is 5.65. The van der Waals surface area contributed by atoms with E-state index in [0.717, 1.165) is 11.3 Å². The van der Waals surface area contributed by atoms with Gasteiger partial charge in [-0.25, -0.2) is 0 Å². The summed E-state index contributed by atoms with van der Waals surface area (Å²) in [5.41, 5.74) is 1.25. The van der Waals surface area contributed by atoms with Crippen LogP contribution in [-0.4, -0.2) is 23.3 Å². The molecule has 148 valence electrons. The number of nitriles is 1. The summed E-state index contributed by atoms with van der Waals surface area (Å²) in [6, 6.07) is 10.4. The Morgan fingerprint density at radius 2 is 1.93 bits per heavy atom. The standard InChI is InChI=1S/C22H18Cl2N2O3/c1-3-4-9-26-21(27)17(13(2)18(12-25)22(26)28)11-15-6-8-20(29-15)16-7-5-14(23)10-19(16)24/h5-8,10-11H,3-4,9H2,1-2H3/b17-11+. The molecule has 7 heteroatoms. The maximum Gasteiger partial charge on any atom is 0.271 e. The van der Waals surface area contributed by atoms with Gasteiger partial charge in [0.15, 0.2) is 0 Å². The molecule has 1 aromatic carbocycles. The first-order valence-electron chi connectivity index (χ1n) is 9.11. The minimum absolute atomic E-state index is 0.0283. The number of imide groups is 1. The van der Waals surface area contributed by atoms with Crippen molar-refractivity contribution in [2.75, 3.05) is 6.54 Å². The van der Waals surface area contributed by atoms with Crippen molar-refractivity contribution in [3.63, 3.8) is 0 Å². The highest BCUT2D eigenvalue weighted by Gasteiger charge is 2.35. The van der Waals surface area contributed by atoms with Crippen LogP contribution >= 0.6 is 23.2 Å². The van der Waals surface area contributed by atoms with E-state index >= 15 is 0 Å². The van der Waals surface area contributed by atoms with Crippen molar-refractivity contribution in [2.45, 2.75) is 26.7 Å². The monoisotopic (exact) mass is 428 g/mol. The van der Waals surface area contributed by atoms with Crippen LogP contribution in [-0.2, 0) is 9.59 Å². The Balaban J connectivity index is 2.01. The van der Waals surface area contributed by atoms with Gasteiger partial charge in [-0.2, -0.15) is 5.26 Å². The molecule has 29 heavy (non-hydrogen) atoms. The van der Waals surface area contributed by atoms with E-state index in [0.29, 0.717) is 39.1 Å². The number of unbranched alkanes of at least 4 members (excludes halogenated alkanes) is 1. The second-order valence-corrected chi connectivity index (χ2v) is 7.46. The van der Waals surface area contributed by atoms with Crippen LogP contribution in [0.5, 0.6) is 0 Å². The van der Waals surface area contributed by atoms with Gasteiger partial charge in [-0.3, -0.25) is 14.5 Å².